The first kappa shape index (κ1) is 54.4. The number of ether oxygens (including phenoxy) is 3. The van der Waals surface area contributed by atoms with Crippen molar-refractivity contribution in [1.82, 2.24) is 0 Å². The molecule has 0 aromatic rings. The fourth-order valence-corrected chi connectivity index (χ4v) is 7.51. The summed E-state index contributed by atoms with van der Waals surface area (Å²) >= 11 is 0. The van der Waals surface area contributed by atoms with Crippen LogP contribution in [0.1, 0.15) is 278 Å². The average molecular weight is 793 g/mol. The fraction of sp³-hybridized carbons (Fsp3) is 0.940. The smallest absolute Gasteiger partial charge is 0.306 e. The molecule has 0 rings (SSSR count). The third-order valence-electron chi connectivity index (χ3n) is 11.3. The van der Waals surface area contributed by atoms with E-state index in [0.29, 0.717) is 19.3 Å². The summed E-state index contributed by atoms with van der Waals surface area (Å²) in [6.07, 6.45) is 45.2. The Morgan fingerprint density at radius 1 is 0.339 bits per heavy atom. The second-order valence-corrected chi connectivity index (χ2v) is 17.6. The first-order valence-corrected chi connectivity index (χ1v) is 24.9. The highest BCUT2D eigenvalue weighted by Crippen LogP contribution is 2.17. The quantitative estimate of drug-likeness (QED) is 0.0347. The highest BCUT2D eigenvalue weighted by Gasteiger charge is 2.19. The molecule has 332 valence electrons. The van der Waals surface area contributed by atoms with Crippen molar-refractivity contribution in [2.45, 2.75) is 284 Å². The van der Waals surface area contributed by atoms with E-state index in [9.17, 15) is 14.4 Å². The van der Waals surface area contributed by atoms with E-state index in [1.807, 2.05) is 0 Å². The maximum absolute atomic E-state index is 12.7. The normalized spacial score (nSPS) is 11.9. The zero-order valence-corrected chi connectivity index (χ0v) is 38.1. The Hall–Kier alpha value is -1.59. The van der Waals surface area contributed by atoms with Crippen molar-refractivity contribution in [2.75, 3.05) is 13.2 Å². The Morgan fingerprint density at radius 3 is 0.875 bits per heavy atom. The van der Waals surface area contributed by atoms with Gasteiger partial charge in [-0.1, -0.05) is 240 Å². The molecule has 0 fully saturated rings. The summed E-state index contributed by atoms with van der Waals surface area (Å²) in [5.74, 6) is -0.0342. The Labute approximate surface area is 348 Å². The Bertz CT molecular complexity index is 841. The summed E-state index contributed by atoms with van der Waals surface area (Å²) in [6.45, 7) is 8.99. The third kappa shape index (κ3) is 43.5. The summed E-state index contributed by atoms with van der Waals surface area (Å²) in [5, 5.41) is 0. The molecule has 0 amide bonds. The van der Waals surface area contributed by atoms with Gasteiger partial charge < -0.3 is 14.2 Å². The van der Waals surface area contributed by atoms with Gasteiger partial charge in [-0.15, -0.1) is 0 Å². The molecule has 0 saturated carbocycles. The lowest BCUT2D eigenvalue weighted by atomic mass is 10.0. The molecule has 0 aromatic carbocycles. The number of hydrogen-bond donors (Lipinski definition) is 0. The van der Waals surface area contributed by atoms with Crippen molar-refractivity contribution >= 4 is 17.9 Å². The summed E-state index contributed by atoms with van der Waals surface area (Å²) in [6, 6.07) is 0. The highest BCUT2D eigenvalue weighted by atomic mass is 16.6. The largest absolute Gasteiger partial charge is 0.462 e. The van der Waals surface area contributed by atoms with Gasteiger partial charge in [-0.25, -0.2) is 0 Å². The van der Waals surface area contributed by atoms with Crippen molar-refractivity contribution in [3.63, 3.8) is 0 Å². The third-order valence-corrected chi connectivity index (χ3v) is 11.3. The van der Waals surface area contributed by atoms with E-state index in [0.717, 1.165) is 63.7 Å². The molecule has 0 aromatic heterocycles. The van der Waals surface area contributed by atoms with Crippen molar-refractivity contribution in [1.29, 1.82) is 0 Å². The van der Waals surface area contributed by atoms with E-state index in [1.54, 1.807) is 0 Å². The summed E-state index contributed by atoms with van der Waals surface area (Å²) < 4.78 is 16.8. The van der Waals surface area contributed by atoms with Gasteiger partial charge in [-0.3, -0.25) is 14.4 Å². The maximum atomic E-state index is 12.7. The van der Waals surface area contributed by atoms with Crippen LogP contribution in [0.2, 0.25) is 0 Å². The minimum absolute atomic E-state index is 0.0633. The van der Waals surface area contributed by atoms with Crippen LogP contribution in [-0.4, -0.2) is 37.2 Å². The lowest BCUT2D eigenvalue weighted by molar-refractivity contribution is -0.167. The summed E-state index contributed by atoms with van der Waals surface area (Å²) in [7, 11) is 0. The van der Waals surface area contributed by atoms with E-state index in [4.69, 9.17) is 14.2 Å². The summed E-state index contributed by atoms with van der Waals surface area (Å²) in [5.41, 5.74) is 0. The number of esters is 3. The van der Waals surface area contributed by atoms with Crippen LogP contribution in [-0.2, 0) is 28.6 Å². The van der Waals surface area contributed by atoms with Crippen molar-refractivity contribution < 1.29 is 28.6 Å². The molecule has 0 N–H and O–H groups in total. The molecule has 6 nitrogen and oxygen atoms in total. The topological polar surface area (TPSA) is 78.9 Å². The fourth-order valence-electron chi connectivity index (χ4n) is 7.51. The molecule has 0 unspecified atom stereocenters. The van der Waals surface area contributed by atoms with Gasteiger partial charge in [0.2, 0.25) is 0 Å². The molecule has 0 saturated heterocycles. The minimum Gasteiger partial charge on any atom is -0.462 e. The van der Waals surface area contributed by atoms with Gasteiger partial charge in [0.1, 0.15) is 13.2 Å². The zero-order valence-electron chi connectivity index (χ0n) is 38.1. The molecule has 0 bridgehead atoms. The van der Waals surface area contributed by atoms with E-state index < -0.39 is 6.10 Å². The Kier molecular flexibility index (Phi) is 43.2. The molecule has 0 spiro atoms. The highest BCUT2D eigenvalue weighted by molar-refractivity contribution is 5.71. The predicted molar refractivity (Wildman–Crippen MR) is 238 cm³/mol. The number of unbranched alkanes of at least 4 members (excludes halogenated alkanes) is 32. The van der Waals surface area contributed by atoms with Gasteiger partial charge in [0, 0.05) is 19.3 Å². The zero-order chi connectivity index (χ0) is 41.0. The second-order valence-electron chi connectivity index (χ2n) is 17.6. The van der Waals surface area contributed by atoms with E-state index in [1.165, 1.54) is 173 Å². The van der Waals surface area contributed by atoms with Gasteiger partial charge in [-0.05, 0) is 25.2 Å². The lowest BCUT2D eigenvalue weighted by Crippen LogP contribution is -2.30. The molecular formula is C50H96O6. The molecule has 0 heterocycles. The van der Waals surface area contributed by atoms with Crippen LogP contribution in [0.3, 0.4) is 0 Å². The maximum Gasteiger partial charge on any atom is 0.306 e. The second kappa shape index (κ2) is 44.5. The van der Waals surface area contributed by atoms with Crippen LogP contribution in [0.25, 0.3) is 0 Å². The molecule has 56 heavy (non-hydrogen) atoms. The molecular weight excluding hydrogens is 697 g/mol. The summed E-state index contributed by atoms with van der Waals surface area (Å²) in [4.78, 5) is 37.8. The van der Waals surface area contributed by atoms with Crippen molar-refractivity contribution in [3.05, 3.63) is 0 Å². The van der Waals surface area contributed by atoms with E-state index in [2.05, 4.69) is 27.7 Å². The van der Waals surface area contributed by atoms with Crippen molar-refractivity contribution in [2.24, 2.45) is 5.92 Å². The first-order chi connectivity index (χ1) is 27.4. The SMILES string of the molecule is CCCCCCCCCCCCCCCCCCC(=O)OC[C@H](COC(=O)CCCCCCCCCCC)OC(=O)CCCCCCCCCCCCC(C)C. The Morgan fingerprint density at radius 2 is 0.589 bits per heavy atom. The molecule has 0 aliphatic heterocycles. The van der Waals surface area contributed by atoms with Gasteiger partial charge >= 0.3 is 17.9 Å². The molecule has 0 radical (unpaired) electrons. The van der Waals surface area contributed by atoms with Crippen molar-refractivity contribution in [3.8, 4) is 0 Å². The Balaban J connectivity index is 4.27. The number of carbonyl (C=O) groups is 3. The van der Waals surface area contributed by atoms with Crippen LogP contribution >= 0.6 is 0 Å². The lowest BCUT2D eigenvalue weighted by Gasteiger charge is -2.18. The minimum atomic E-state index is -0.759. The average Bonchev–Trinajstić information content (AvgIpc) is 3.18. The van der Waals surface area contributed by atoms with Crippen LogP contribution in [0.4, 0.5) is 0 Å². The van der Waals surface area contributed by atoms with Gasteiger partial charge in [-0.2, -0.15) is 0 Å². The molecule has 0 aliphatic rings. The first-order valence-electron chi connectivity index (χ1n) is 24.9. The van der Waals surface area contributed by atoms with E-state index >= 15 is 0 Å². The van der Waals surface area contributed by atoms with Gasteiger partial charge in [0.05, 0.1) is 0 Å². The number of rotatable bonds is 45. The van der Waals surface area contributed by atoms with Crippen LogP contribution in [0, 0.1) is 5.92 Å². The van der Waals surface area contributed by atoms with Crippen LogP contribution in [0.15, 0.2) is 0 Å². The van der Waals surface area contributed by atoms with Gasteiger partial charge in [0.25, 0.3) is 0 Å². The monoisotopic (exact) mass is 793 g/mol. The number of hydrogen-bond acceptors (Lipinski definition) is 6. The number of carbonyl (C=O) groups excluding carboxylic acids is 3. The standard InChI is InChI=1S/C50H96O6/c1-5-7-9-11-13-15-16-17-18-19-20-21-26-30-34-38-42-49(52)55-45-47(44-54-48(51)41-37-33-29-24-14-12-10-8-6-2)56-50(53)43-39-35-31-27-23-22-25-28-32-36-40-46(3)4/h46-47H,5-45H2,1-4H3/t47-/m0/s1. The molecule has 0 aliphatic carbocycles. The van der Waals surface area contributed by atoms with Crippen LogP contribution < -0.4 is 0 Å². The molecule has 1 atom stereocenters. The van der Waals surface area contributed by atoms with Gasteiger partial charge in [0.15, 0.2) is 6.10 Å². The predicted octanol–water partition coefficient (Wildman–Crippen LogP) is 15.9. The van der Waals surface area contributed by atoms with E-state index in [-0.39, 0.29) is 31.1 Å². The molecule has 6 heteroatoms. The van der Waals surface area contributed by atoms with Crippen LogP contribution in [0.5, 0.6) is 0 Å².